The first-order valence-electron chi connectivity index (χ1n) is 3.97. The minimum absolute atomic E-state index is 0.0213. The van der Waals surface area contributed by atoms with Gasteiger partial charge < -0.3 is 9.53 Å². The van der Waals surface area contributed by atoms with Crippen LogP contribution in [0.4, 0.5) is 0 Å². The summed E-state index contributed by atoms with van der Waals surface area (Å²) in [6.45, 7) is 3.58. The highest BCUT2D eigenvalue weighted by molar-refractivity contribution is 6.63. The lowest BCUT2D eigenvalue weighted by molar-refractivity contribution is -0.144. The molecule has 0 aromatic rings. The number of carbonyl (C=O) groups excluding carboxylic acids is 2. The molecular weight excluding hydrogens is 250 g/mol. The van der Waals surface area contributed by atoms with Crippen LogP contribution < -0.4 is 0 Å². The fourth-order valence-corrected chi connectivity index (χ4v) is 0.511. The van der Waals surface area contributed by atoms with E-state index < -0.39 is 4.30 Å². The van der Waals surface area contributed by atoms with Crippen molar-refractivity contribution in [3.8, 4) is 0 Å². The lowest BCUT2D eigenvalue weighted by Gasteiger charge is -1.97. The molecule has 0 radical (unpaired) electrons. The Bertz CT molecular complexity index is 168. The summed E-state index contributed by atoms with van der Waals surface area (Å²) in [4.78, 5) is 20.9. The Morgan fingerprint density at radius 2 is 1.64 bits per heavy atom. The van der Waals surface area contributed by atoms with Crippen molar-refractivity contribution >= 4 is 46.6 Å². The summed E-state index contributed by atoms with van der Waals surface area (Å²) in [6, 6.07) is 0. The van der Waals surface area contributed by atoms with E-state index in [-0.39, 0.29) is 18.2 Å². The van der Waals surface area contributed by atoms with E-state index in [0.29, 0.717) is 13.0 Å². The summed E-state index contributed by atoms with van der Waals surface area (Å²) in [5.41, 5.74) is 0. The Labute approximate surface area is 98.6 Å². The first-order chi connectivity index (χ1) is 6.40. The summed E-state index contributed by atoms with van der Waals surface area (Å²) < 4.78 is 3.85. The second kappa shape index (κ2) is 11.1. The average Bonchev–Trinajstić information content (AvgIpc) is 2.00. The molecule has 0 saturated carbocycles. The van der Waals surface area contributed by atoms with Crippen LogP contribution in [0.15, 0.2) is 0 Å². The van der Waals surface area contributed by atoms with E-state index in [1.165, 1.54) is 6.92 Å². The minimum atomic E-state index is -0.750. The third-order valence-electron chi connectivity index (χ3n) is 0.987. The van der Waals surface area contributed by atoms with Gasteiger partial charge in [-0.3, -0.25) is 4.79 Å². The van der Waals surface area contributed by atoms with Crippen molar-refractivity contribution in [3.05, 3.63) is 0 Å². The summed E-state index contributed by atoms with van der Waals surface area (Å²) in [6.07, 6.45) is 0.502. The molecule has 0 bridgehead atoms. The smallest absolute Gasteiger partial charge is 0.306 e. The molecule has 0 aliphatic carbocycles. The van der Waals surface area contributed by atoms with Gasteiger partial charge in [0.2, 0.25) is 0 Å². The van der Waals surface area contributed by atoms with Crippen LogP contribution in [0.2, 0.25) is 0 Å². The van der Waals surface area contributed by atoms with Gasteiger partial charge in [0, 0.05) is 6.42 Å². The van der Waals surface area contributed by atoms with Gasteiger partial charge in [0.05, 0.1) is 13.0 Å². The van der Waals surface area contributed by atoms with Crippen LogP contribution in [0.5, 0.6) is 0 Å². The number of hydrogen-bond acceptors (Lipinski definition) is 3. The maximum absolute atomic E-state index is 10.6. The summed E-state index contributed by atoms with van der Waals surface area (Å²) in [5, 5.41) is 0. The molecule has 84 valence electrons. The first kappa shape index (κ1) is 16.4. The van der Waals surface area contributed by atoms with E-state index in [4.69, 9.17) is 34.8 Å². The molecule has 0 unspecified atom stereocenters. The van der Waals surface area contributed by atoms with E-state index in [1.54, 1.807) is 6.92 Å². The molecule has 0 spiro atoms. The van der Waals surface area contributed by atoms with Crippen molar-refractivity contribution in [1.29, 1.82) is 0 Å². The molecule has 0 aromatic carbocycles. The molecule has 0 fully saturated rings. The molecule has 0 aromatic heterocycles. The zero-order valence-corrected chi connectivity index (χ0v) is 10.3. The number of alkyl halides is 3. The highest BCUT2D eigenvalue weighted by Gasteiger charge is 2.02. The van der Waals surface area contributed by atoms with Gasteiger partial charge in [-0.05, 0) is 13.8 Å². The van der Waals surface area contributed by atoms with Gasteiger partial charge >= 0.3 is 5.97 Å². The molecule has 0 amide bonds. The number of esters is 1. The fourth-order valence-electron chi connectivity index (χ4n) is 0.511. The third-order valence-corrected chi connectivity index (χ3v) is 0.987. The van der Waals surface area contributed by atoms with Crippen molar-refractivity contribution in [2.45, 2.75) is 31.0 Å². The van der Waals surface area contributed by atoms with Crippen molar-refractivity contribution < 1.29 is 14.3 Å². The largest absolute Gasteiger partial charge is 0.466 e. The number of hydrogen-bond donors (Lipinski definition) is 0. The number of Topliss-reactive ketones (excluding diaryl/α,β-unsaturated/α-hetero) is 1. The Balaban J connectivity index is 0. The quantitative estimate of drug-likeness (QED) is 0.578. The minimum Gasteiger partial charge on any atom is -0.466 e. The zero-order valence-electron chi connectivity index (χ0n) is 8.06. The maximum atomic E-state index is 10.6. The Hall–Kier alpha value is 0.01000. The van der Waals surface area contributed by atoms with E-state index in [1.807, 2.05) is 0 Å². The normalized spacial score (nSPS) is 9.00. The average molecular weight is 264 g/mol. The van der Waals surface area contributed by atoms with Gasteiger partial charge in [-0.2, -0.15) is 0 Å². The Morgan fingerprint density at radius 1 is 1.21 bits per heavy atom. The summed E-state index contributed by atoms with van der Waals surface area (Å²) >= 11 is 14.4. The lowest BCUT2D eigenvalue weighted by Crippen LogP contribution is -2.05. The van der Waals surface area contributed by atoms with Crippen LogP contribution in [0.25, 0.3) is 0 Å². The number of ketones is 1. The van der Waals surface area contributed by atoms with Crippen LogP contribution >= 0.6 is 34.8 Å². The number of carbonyl (C=O) groups is 2. The van der Waals surface area contributed by atoms with Gasteiger partial charge in [-0.1, -0.05) is 34.8 Å². The van der Waals surface area contributed by atoms with E-state index in [2.05, 4.69) is 4.74 Å². The molecule has 0 rings (SSSR count). The highest BCUT2D eigenvalue weighted by Crippen LogP contribution is 2.03. The summed E-state index contributed by atoms with van der Waals surface area (Å²) in [5.74, 6) is -0.272. The van der Waals surface area contributed by atoms with Crippen LogP contribution in [-0.4, -0.2) is 22.7 Å². The predicted octanol–water partition coefficient (Wildman–Crippen LogP) is 2.91. The van der Waals surface area contributed by atoms with E-state index >= 15 is 0 Å². The molecule has 0 aliphatic heterocycles. The molecule has 6 heteroatoms. The van der Waals surface area contributed by atoms with Crippen molar-refractivity contribution in [1.82, 2.24) is 0 Å². The van der Waals surface area contributed by atoms with Crippen molar-refractivity contribution in [3.63, 3.8) is 0 Å². The van der Waals surface area contributed by atoms with Gasteiger partial charge in [0.15, 0.2) is 4.30 Å². The van der Waals surface area contributed by atoms with E-state index in [9.17, 15) is 9.59 Å². The molecular formula is C8H13Cl3O3. The van der Waals surface area contributed by atoms with Crippen LogP contribution in [0, 0.1) is 0 Å². The lowest BCUT2D eigenvalue weighted by atomic mass is 10.2. The van der Waals surface area contributed by atoms with Gasteiger partial charge in [0.1, 0.15) is 5.78 Å². The third kappa shape index (κ3) is 22.7. The molecule has 0 aliphatic rings. The predicted molar refractivity (Wildman–Crippen MR) is 57.9 cm³/mol. The topological polar surface area (TPSA) is 43.4 Å². The fraction of sp³-hybridized carbons (Fsp3) is 0.750. The number of rotatable bonds is 4. The van der Waals surface area contributed by atoms with E-state index in [0.717, 1.165) is 0 Å². The SMILES string of the molecule is CCOC(=O)CCC(C)=O.ClC(Cl)Cl. The monoisotopic (exact) mass is 262 g/mol. The van der Waals surface area contributed by atoms with Crippen LogP contribution in [0.3, 0.4) is 0 Å². The molecule has 0 heterocycles. The Morgan fingerprint density at radius 3 is 1.93 bits per heavy atom. The molecule has 0 atom stereocenters. The molecule has 0 saturated heterocycles. The maximum Gasteiger partial charge on any atom is 0.306 e. The number of ether oxygens (including phenoxy) is 1. The van der Waals surface area contributed by atoms with Crippen molar-refractivity contribution in [2.24, 2.45) is 0 Å². The zero-order chi connectivity index (χ0) is 11.6. The molecule has 3 nitrogen and oxygen atoms in total. The van der Waals surface area contributed by atoms with Gasteiger partial charge in [0.25, 0.3) is 0 Å². The Kier molecular flexibility index (Phi) is 13.0. The van der Waals surface area contributed by atoms with Crippen LogP contribution in [0.1, 0.15) is 26.7 Å². The second-order valence-electron chi connectivity index (χ2n) is 2.25. The van der Waals surface area contributed by atoms with Gasteiger partial charge in [-0.15, -0.1) is 0 Å². The summed E-state index contributed by atoms with van der Waals surface area (Å²) in [7, 11) is 0. The molecule has 14 heavy (non-hydrogen) atoms. The second-order valence-corrected chi connectivity index (χ2v) is 4.23. The van der Waals surface area contributed by atoms with Gasteiger partial charge in [-0.25, -0.2) is 0 Å². The van der Waals surface area contributed by atoms with Crippen molar-refractivity contribution in [2.75, 3.05) is 6.61 Å². The first-order valence-corrected chi connectivity index (χ1v) is 5.28. The van der Waals surface area contributed by atoms with Crippen LogP contribution in [-0.2, 0) is 14.3 Å². The highest BCUT2D eigenvalue weighted by atomic mass is 35.6. The number of halogens is 3. The molecule has 0 N–H and O–H groups in total. The standard InChI is InChI=1S/C7H12O3.CHCl3/c1-3-10-7(9)5-4-6(2)8;2-1(3)4/h3-5H2,1-2H3;1H.